The van der Waals surface area contributed by atoms with Crippen LogP contribution in [0.5, 0.6) is 0 Å². The maximum atomic E-state index is 13.2. The first-order chi connectivity index (χ1) is 5.36. The van der Waals surface area contributed by atoms with Gasteiger partial charge in [0.05, 0.1) is 6.04 Å². The smallest absolute Gasteiger partial charge is 0.219 e. The first-order valence-corrected chi connectivity index (χ1v) is 3.00. The molecule has 2 nitrogen and oxygen atoms in total. The fourth-order valence-electron chi connectivity index (χ4n) is 1.01. The van der Waals surface area contributed by atoms with Crippen molar-refractivity contribution in [3.63, 3.8) is 0 Å². The number of halogens is 1. The van der Waals surface area contributed by atoms with Crippen LogP contribution in [0.15, 0.2) is 0 Å². The van der Waals surface area contributed by atoms with E-state index in [2.05, 4.69) is 5.32 Å². The predicted molar refractivity (Wildman–Crippen MR) is 32.8 cm³/mol. The zero-order valence-corrected chi connectivity index (χ0v) is 5.02. The van der Waals surface area contributed by atoms with Gasteiger partial charge in [0.2, 0.25) is 5.85 Å². The maximum absolute atomic E-state index is 13.2. The lowest BCUT2D eigenvalue weighted by Gasteiger charge is -2.20. The fraction of sp³-hybridized carbons (Fsp3) is 1.00. The van der Waals surface area contributed by atoms with Crippen LogP contribution < -0.4 is 5.32 Å². The number of hydrogen-bond donors (Lipinski definition) is 2. The summed E-state index contributed by atoms with van der Waals surface area (Å²) in [4.78, 5) is 0. The molecule has 54 valence electrons. The van der Waals surface area contributed by atoms with E-state index < -0.39 is 18.7 Å². The van der Waals surface area contributed by atoms with Gasteiger partial charge in [-0.05, 0) is 26.2 Å². The number of rotatable bonds is 1. The highest BCUT2D eigenvalue weighted by molar-refractivity contribution is 4.83. The molecule has 1 fully saturated rings. The molecule has 2 N–H and O–H groups in total. The predicted octanol–water partition coefficient (Wildman–Crippen LogP) is 0.416. The Morgan fingerprint density at radius 1 is 2.00 bits per heavy atom. The average molecular weight is 136 g/mol. The Morgan fingerprint density at radius 2 is 2.78 bits per heavy atom. The molecule has 1 heterocycles. The van der Waals surface area contributed by atoms with Gasteiger partial charge in [-0.1, -0.05) is 0 Å². The van der Waals surface area contributed by atoms with Crippen LogP contribution in [0.4, 0.5) is 4.39 Å². The SMILES string of the molecule is [2H]C([2H])([2H])[C@](O)(F)[C@@H]1CCCN1. The lowest BCUT2D eigenvalue weighted by atomic mass is 10.1. The lowest BCUT2D eigenvalue weighted by molar-refractivity contribution is -0.0952. The molecule has 0 saturated carbocycles. The normalized spacial score (nSPS) is 40.7. The van der Waals surface area contributed by atoms with Crippen molar-refractivity contribution in [1.82, 2.24) is 5.32 Å². The summed E-state index contributed by atoms with van der Waals surface area (Å²) in [5.41, 5.74) is 0. The third-order valence-corrected chi connectivity index (χ3v) is 1.52. The first-order valence-electron chi connectivity index (χ1n) is 4.50. The first kappa shape index (κ1) is 3.88. The molecule has 9 heavy (non-hydrogen) atoms. The van der Waals surface area contributed by atoms with Gasteiger partial charge in [-0.25, -0.2) is 4.39 Å². The topological polar surface area (TPSA) is 32.3 Å². The van der Waals surface area contributed by atoms with Gasteiger partial charge in [-0.2, -0.15) is 0 Å². The molecule has 0 bridgehead atoms. The lowest BCUT2D eigenvalue weighted by Crippen LogP contribution is -2.41. The Morgan fingerprint density at radius 3 is 3.22 bits per heavy atom. The molecule has 2 atom stereocenters. The molecule has 1 aliphatic rings. The average Bonchev–Trinajstić information content (AvgIpc) is 2.34. The second-order valence-corrected chi connectivity index (χ2v) is 2.32. The summed E-state index contributed by atoms with van der Waals surface area (Å²) >= 11 is 0. The maximum Gasteiger partial charge on any atom is 0.219 e. The number of alkyl halides is 1. The quantitative estimate of drug-likeness (QED) is 0.547. The summed E-state index contributed by atoms with van der Waals surface area (Å²) in [7, 11) is 0. The molecule has 0 radical (unpaired) electrons. The van der Waals surface area contributed by atoms with Gasteiger partial charge < -0.3 is 10.4 Å². The van der Waals surface area contributed by atoms with Gasteiger partial charge in [0.25, 0.3) is 0 Å². The standard InChI is InChI=1S/C6H12FNO/c1-6(7,9)5-3-2-4-8-5/h5,8-9H,2-4H2,1H3/t5-,6+/m0/s1/i1D3. The fourth-order valence-corrected chi connectivity index (χ4v) is 1.01. The summed E-state index contributed by atoms with van der Waals surface area (Å²) in [6.07, 6.45) is 1.07. The Hall–Kier alpha value is -0.150. The molecule has 1 saturated heterocycles. The number of aliphatic hydroxyl groups is 1. The van der Waals surface area contributed by atoms with Gasteiger partial charge >= 0.3 is 0 Å². The van der Waals surface area contributed by atoms with Crippen molar-refractivity contribution in [2.75, 3.05) is 6.54 Å². The van der Waals surface area contributed by atoms with Crippen molar-refractivity contribution < 1.29 is 13.6 Å². The molecule has 1 rings (SSSR count). The van der Waals surface area contributed by atoms with Crippen LogP contribution in [0.25, 0.3) is 0 Å². The van der Waals surface area contributed by atoms with Gasteiger partial charge in [-0.15, -0.1) is 0 Å². The zero-order chi connectivity index (χ0) is 9.41. The van der Waals surface area contributed by atoms with E-state index in [-0.39, 0.29) is 0 Å². The third-order valence-electron chi connectivity index (χ3n) is 1.52. The van der Waals surface area contributed by atoms with Crippen LogP contribution in [0.3, 0.4) is 0 Å². The van der Waals surface area contributed by atoms with Crippen molar-refractivity contribution >= 4 is 0 Å². The Balaban J connectivity index is 2.69. The van der Waals surface area contributed by atoms with E-state index in [4.69, 9.17) is 9.22 Å². The molecule has 0 aromatic heterocycles. The van der Waals surface area contributed by atoms with Crippen molar-refractivity contribution in [1.29, 1.82) is 0 Å². The molecule has 0 unspecified atom stereocenters. The van der Waals surface area contributed by atoms with Crippen LogP contribution in [0.1, 0.15) is 23.8 Å². The Kier molecular flexibility index (Phi) is 0.963. The Labute approximate surface area is 58.3 Å². The summed E-state index contributed by atoms with van der Waals surface area (Å²) < 4.78 is 33.5. The highest BCUT2D eigenvalue weighted by Crippen LogP contribution is 2.19. The van der Waals surface area contributed by atoms with E-state index in [1.807, 2.05) is 0 Å². The van der Waals surface area contributed by atoms with Crippen LogP contribution in [-0.2, 0) is 0 Å². The summed E-state index contributed by atoms with van der Waals surface area (Å²) in [5.74, 6) is -3.09. The van der Waals surface area contributed by atoms with Crippen LogP contribution in [0.2, 0.25) is 0 Å². The number of hydrogen-bond acceptors (Lipinski definition) is 2. The minimum absolute atomic E-state index is 0.366. The minimum atomic E-state index is -3.09. The van der Waals surface area contributed by atoms with Gasteiger partial charge in [-0.3, -0.25) is 0 Å². The largest absolute Gasteiger partial charge is 0.361 e. The molecular weight excluding hydrogens is 121 g/mol. The van der Waals surface area contributed by atoms with Crippen LogP contribution >= 0.6 is 0 Å². The van der Waals surface area contributed by atoms with E-state index >= 15 is 0 Å². The molecule has 1 aliphatic heterocycles. The van der Waals surface area contributed by atoms with Gasteiger partial charge in [0.1, 0.15) is 0 Å². The molecular formula is C6H12FNO. The van der Waals surface area contributed by atoms with Gasteiger partial charge in [0.15, 0.2) is 0 Å². The molecule has 0 aromatic carbocycles. The molecule has 0 aromatic rings. The van der Waals surface area contributed by atoms with E-state index in [1.54, 1.807) is 0 Å². The third kappa shape index (κ3) is 1.63. The summed E-state index contributed by atoms with van der Waals surface area (Å²) in [6.45, 7) is -2.40. The minimum Gasteiger partial charge on any atom is -0.361 e. The molecule has 0 spiro atoms. The van der Waals surface area contributed by atoms with Crippen molar-refractivity contribution in [3.05, 3.63) is 0 Å². The summed E-state index contributed by atoms with van der Waals surface area (Å²) in [6, 6.07) is -0.954. The van der Waals surface area contributed by atoms with E-state index in [0.717, 1.165) is 0 Å². The van der Waals surface area contributed by atoms with Crippen molar-refractivity contribution in [2.45, 2.75) is 31.6 Å². The second-order valence-electron chi connectivity index (χ2n) is 2.32. The highest BCUT2D eigenvalue weighted by atomic mass is 19.2. The van der Waals surface area contributed by atoms with Crippen LogP contribution in [0, 0.1) is 0 Å². The van der Waals surface area contributed by atoms with E-state index in [9.17, 15) is 4.39 Å². The van der Waals surface area contributed by atoms with E-state index in [0.29, 0.717) is 19.4 Å². The zero-order valence-electron chi connectivity index (χ0n) is 8.02. The second kappa shape index (κ2) is 2.23. The molecule has 0 aliphatic carbocycles. The van der Waals surface area contributed by atoms with E-state index in [1.165, 1.54) is 0 Å². The Bertz CT molecular complexity index is 165. The monoisotopic (exact) mass is 136 g/mol. The number of nitrogens with one attached hydrogen (secondary N) is 1. The van der Waals surface area contributed by atoms with Crippen molar-refractivity contribution in [2.24, 2.45) is 0 Å². The van der Waals surface area contributed by atoms with Gasteiger partial charge in [0, 0.05) is 4.11 Å². The van der Waals surface area contributed by atoms with Crippen molar-refractivity contribution in [3.8, 4) is 0 Å². The molecule has 0 amide bonds. The molecule has 3 heteroatoms. The summed E-state index contributed by atoms with van der Waals surface area (Å²) in [5, 5.41) is 11.7. The highest BCUT2D eigenvalue weighted by Gasteiger charge is 2.33. The van der Waals surface area contributed by atoms with Crippen LogP contribution in [-0.4, -0.2) is 23.5 Å².